The van der Waals surface area contributed by atoms with Crippen molar-refractivity contribution in [3.8, 4) is 5.75 Å². The van der Waals surface area contributed by atoms with Crippen LogP contribution in [0, 0.1) is 11.6 Å². The van der Waals surface area contributed by atoms with Crippen molar-refractivity contribution in [2.24, 2.45) is 0 Å². The Kier molecular flexibility index (Phi) is 5.97. The fourth-order valence-corrected chi connectivity index (χ4v) is 3.24. The average molecular weight is 445 g/mol. The molecule has 1 heterocycles. The predicted molar refractivity (Wildman–Crippen MR) is 102 cm³/mol. The van der Waals surface area contributed by atoms with Gasteiger partial charge in [0.15, 0.2) is 11.6 Å². The summed E-state index contributed by atoms with van der Waals surface area (Å²) in [5.41, 5.74) is -1.52. The summed E-state index contributed by atoms with van der Waals surface area (Å²) in [6.45, 7) is 0.732. The molecule has 3 amide bonds. The van der Waals surface area contributed by atoms with Gasteiger partial charge < -0.3 is 15.2 Å². The molecule has 2 aromatic rings. The number of hydrogen-bond acceptors (Lipinski definition) is 4. The molecule has 2 atom stereocenters. The van der Waals surface area contributed by atoms with Crippen molar-refractivity contribution in [1.29, 1.82) is 0 Å². The third-order valence-corrected chi connectivity index (χ3v) is 5.04. The Bertz CT molecular complexity index is 975. The maximum absolute atomic E-state index is 13.6. The van der Waals surface area contributed by atoms with Crippen molar-refractivity contribution in [3.05, 3.63) is 63.6 Å². The summed E-state index contributed by atoms with van der Waals surface area (Å²) in [7, 11) is 0. The molecule has 1 aliphatic rings. The van der Waals surface area contributed by atoms with Crippen LogP contribution in [0.25, 0.3) is 0 Å². The number of halogens is 4. The normalized spacial score (nSPS) is 20.0. The minimum atomic E-state index is -1.59. The van der Waals surface area contributed by atoms with E-state index in [1.807, 2.05) is 0 Å². The number of hydrogen-bond donors (Lipinski definition) is 2. The lowest BCUT2D eigenvalue weighted by molar-refractivity contribution is -0.132. The molecule has 1 fully saturated rings. The van der Waals surface area contributed by atoms with Crippen LogP contribution in [0.5, 0.6) is 5.75 Å². The molecule has 0 bridgehead atoms. The van der Waals surface area contributed by atoms with Gasteiger partial charge in [-0.05, 0) is 36.8 Å². The number of aliphatic hydroxyl groups excluding tert-OH is 1. The van der Waals surface area contributed by atoms with Gasteiger partial charge in [0.1, 0.15) is 24.0 Å². The maximum atomic E-state index is 13.6. The van der Waals surface area contributed by atoms with Crippen LogP contribution in [0.1, 0.15) is 12.5 Å². The Labute approximate surface area is 175 Å². The molecule has 154 valence electrons. The lowest BCUT2D eigenvalue weighted by Gasteiger charge is -2.23. The molecule has 2 aromatic carbocycles. The molecule has 6 nitrogen and oxygen atoms in total. The lowest BCUT2D eigenvalue weighted by Crippen LogP contribution is -2.42. The third-order valence-electron chi connectivity index (χ3n) is 4.49. The topological polar surface area (TPSA) is 78.9 Å². The van der Waals surface area contributed by atoms with Crippen molar-refractivity contribution in [2.75, 3.05) is 13.2 Å². The summed E-state index contributed by atoms with van der Waals surface area (Å²) in [6.07, 6.45) is -1.23. The zero-order valence-electron chi connectivity index (χ0n) is 15.1. The number of imide groups is 1. The summed E-state index contributed by atoms with van der Waals surface area (Å²) in [5, 5.41) is 13.3. The molecule has 1 saturated heterocycles. The Morgan fingerprint density at radius 2 is 1.90 bits per heavy atom. The monoisotopic (exact) mass is 444 g/mol. The Hall–Kier alpha value is -2.42. The van der Waals surface area contributed by atoms with E-state index in [-0.39, 0.29) is 29.5 Å². The number of nitrogens with zero attached hydrogens (tertiary/aromatic N) is 1. The van der Waals surface area contributed by atoms with Gasteiger partial charge in [-0.15, -0.1) is 0 Å². The van der Waals surface area contributed by atoms with Gasteiger partial charge in [-0.1, -0.05) is 29.3 Å². The Morgan fingerprint density at radius 3 is 2.59 bits per heavy atom. The first-order valence-corrected chi connectivity index (χ1v) is 9.23. The van der Waals surface area contributed by atoms with Crippen molar-refractivity contribution in [3.63, 3.8) is 0 Å². The highest BCUT2D eigenvalue weighted by atomic mass is 35.5. The summed E-state index contributed by atoms with van der Waals surface area (Å²) < 4.78 is 32.2. The van der Waals surface area contributed by atoms with Crippen LogP contribution in [0.3, 0.4) is 0 Å². The number of aliphatic hydroxyl groups is 1. The molecule has 0 spiro atoms. The second kappa shape index (κ2) is 8.14. The standard InChI is InChI=1S/C19H16Cl2F2N2O4/c1-19(10-2-5-14(22)15(23)6-10)17(27)25(18(28)24-19)8-12(26)9-29-16-7-11(20)3-4-13(16)21/h2-7,12,26H,8-9H2,1H3,(H,24,28)/t12-,19-/m0/s1. The van der Waals surface area contributed by atoms with E-state index < -0.39 is 35.2 Å². The van der Waals surface area contributed by atoms with Gasteiger partial charge in [0.2, 0.25) is 0 Å². The maximum Gasteiger partial charge on any atom is 0.325 e. The second-order valence-corrected chi connectivity index (χ2v) is 7.48. The molecule has 1 aliphatic heterocycles. The molecule has 0 aromatic heterocycles. The number of β-amino-alcohol motifs (C(OH)–C–C–N with tert-alkyl or cyclic N) is 1. The minimum absolute atomic E-state index is 0.0775. The molecule has 3 rings (SSSR count). The van der Waals surface area contributed by atoms with E-state index in [4.69, 9.17) is 27.9 Å². The molecular weight excluding hydrogens is 429 g/mol. The van der Waals surface area contributed by atoms with Crippen LogP contribution in [0.4, 0.5) is 13.6 Å². The van der Waals surface area contributed by atoms with Crippen LogP contribution in [0.2, 0.25) is 10.0 Å². The number of ether oxygens (including phenoxy) is 1. The number of nitrogens with one attached hydrogen (secondary N) is 1. The van der Waals surface area contributed by atoms with Crippen LogP contribution < -0.4 is 10.1 Å². The number of urea groups is 1. The average Bonchev–Trinajstić information content (AvgIpc) is 2.88. The smallest absolute Gasteiger partial charge is 0.325 e. The van der Waals surface area contributed by atoms with Gasteiger partial charge in [-0.3, -0.25) is 9.69 Å². The number of carbonyl (C=O) groups is 2. The van der Waals surface area contributed by atoms with Gasteiger partial charge in [0.25, 0.3) is 5.91 Å². The van der Waals surface area contributed by atoms with Gasteiger partial charge in [0.05, 0.1) is 11.6 Å². The summed E-state index contributed by atoms with van der Waals surface area (Å²) in [6, 6.07) is 6.70. The van der Waals surface area contributed by atoms with E-state index in [1.165, 1.54) is 25.1 Å². The van der Waals surface area contributed by atoms with Crippen LogP contribution in [-0.4, -0.2) is 41.2 Å². The predicted octanol–water partition coefficient (Wildman–Crippen LogP) is 3.48. The highest BCUT2D eigenvalue weighted by molar-refractivity contribution is 6.34. The van der Waals surface area contributed by atoms with Crippen molar-refractivity contribution >= 4 is 35.1 Å². The van der Waals surface area contributed by atoms with Crippen molar-refractivity contribution in [2.45, 2.75) is 18.6 Å². The van der Waals surface area contributed by atoms with Crippen molar-refractivity contribution < 1.29 is 28.2 Å². The fourth-order valence-electron chi connectivity index (χ4n) is 2.90. The van der Waals surface area contributed by atoms with Crippen LogP contribution in [-0.2, 0) is 10.3 Å². The molecule has 29 heavy (non-hydrogen) atoms. The molecule has 0 saturated carbocycles. The van der Waals surface area contributed by atoms with Crippen LogP contribution >= 0.6 is 23.2 Å². The first-order valence-electron chi connectivity index (χ1n) is 8.47. The Morgan fingerprint density at radius 1 is 1.17 bits per heavy atom. The fraction of sp³-hybridized carbons (Fsp3) is 0.263. The van der Waals surface area contributed by atoms with Gasteiger partial charge in [0, 0.05) is 11.1 Å². The molecular formula is C19H16Cl2F2N2O4. The summed E-state index contributed by atoms with van der Waals surface area (Å²) in [5.74, 6) is -2.69. The van der Waals surface area contributed by atoms with E-state index in [9.17, 15) is 23.5 Å². The minimum Gasteiger partial charge on any atom is -0.489 e. The zero-order chi connectivity index (χ0) is 21.3. The number of carbonyl (C=O) groups excluding carboxylic acids is 2. The van der Waals surface area contributed by atoms with Gasteiger partial charge in [-0.2, -0.15) is 0 Å². The molecule has 0 radical (unpaired) electrons. The third kappa shape index (κ3) is 4.29. The molecule has 0 unspecified atom stereocenters. The van der Waals surface area contributed by atoms with E-state index >= 15 is 0 Å². The van der Waals surface area contributed by atoms with E-state index in [1.54, 1.807) is 6.07 Å². The molecule has 0 aliphatic carbocycles. The zero-order valence-corrected chi connectivity index (χ0v) is 16.6. The van der Waals surface area contributed by atoms with Crippen molar-refractivity contribution in [1.82, 2.24) is 10.2 Å². The number of amides is 3. The number of benzene rings is 2. The number of rotatable bonds is 6. The Balaban J connectivity index is 1.69. The summed E-state index contributed by atoms with van der Waals surface area (Å²) in [4.78, 5) is 25.8. The second-order valence-electron chi connectivity index (χ2n) is 6.64. The lowest BCUT2D eigenvalue weighted by atomic mass is 9.92. The highest BCUT2D eigenvalue weighted by Gasteiger charge is 2.49. The van der Waals surface area contributed by atoms with Crippen LogP contribution in [0.15, 0.2) is 36.4 Å². The van der Waals surface area contributed by atoms with Gasteiger partial charge >= 0.3 is 6.03 Å². The molecule has 10 heteroatoms. The molecule has 2 N–H and O–H groups in total. The van der Waals surface area contributed by atoms with Gasteiger partial charge in [-0.25, -0.2) is 13.6 Å². The highest BCUT2D eigenvalue weighted by Crippen LogP contribution is 2.30. The van der Waals surface area contributed by atoms with E-state index in [2.05, 4.69) is 5.32 Å². The van der Waals surface area contributed by atoms with E-state index in [0.29, 0.717) is 5.02 Å². The SMILES string of the molecule is C[C@@]1(c2ccc(F)c(F)c2)NC(=O)N(C[C@H](O)COc2cc(Cl)ccc2Cl)C1=O. The summed E-state index contributed by atoms with van der Waals surface area (Å²) >= 11 is 11.8. The van der Waals surface area contributed by atoms with E-state index in [0.717, 1.165) is 17.0 Å². The quantitative estimate of drug-likeness (QED) is 0.668. The largest absolute Gasteiger partial charge is 0.489 e. The first-order chi connectivity index (χ1) is 13.6. The first kappa shape index (κ1) is 21.3.